The van der Waals surface area contributed by atoms with Gasteiger partial charge in [-0.3, -0.25) is 43.2 Å². The number of ketones is 2. The molecule has 15 N–H and O–H groups in total. The maximum Gasteiger partial charge on any atom is 0.251 e. The van der Waals surface area contributed by atoms with Crippen LogP contribution >= 0.6 is 0 Å². The van der Waals surface area contributed by atoms with E-state index in [0.717, 1.165) is 0 Å². The van der Waals surface area contributed by atoms with Crippen LogP contribution in [0.25, 0.3) is 0 Å². The molecular weight excluding hydrogens is 987 g/mol. The molecule has 1 aliphatic rings. The molecule has 0 bridgehead atoms. The minimum atomic E-state index is -1.26. The number of para-hydroxylation sites is 1. The van der Waals surface area contributed by atoms with Crippen molar-refractivity contribution in [2.75, 3.05) is 32.7 Å². The number of rotatable bonds is 21. The average molecular weight is 1070 g/mol. The first-order valence-electron chi connectivity index (χ1n) is 26.7. The molecule has 0 aliphatic carbocycles. The van der Waals surface area contributed by atoms with Gasteiger partial charge in [-0.05, 0) is 125 Å². The van der Waals surface area contributed by atoms with Gasteiger partial charge >= 0.3 is 0 Å². The zero-order valence-electron chi connectivity index (χ0n) is 44.9. The molecule has 0 radical (unpaired) electrons. The van der Waals surface area contributed by atoms with E-state index in [1.165, 1.54) is 0 Å². The third-order valence-corrected chi connectivity index (χ3v) is 13.0. The van der Waals surface area contributed by atoms with Crippen molar-refractivity contribution in [3.05, 3.63) is 96.1 Å². The van der Waals surface area contributed by atoms with E-state index >= 15 is 0 Å². The Hall–Kier alpha value is -7.07. The molecule has 21 heteroatoms. The molecule has 3 aromatic rings. The first kappa shape index (κ1) is 62.5. The van der Waals surface area contributed by atoms with Gasteiger partial charge in [0.2, 0.25) is 35.4 Å². The predicted octanol–water partition coefficient (Wildman–Crippen LogP) is 1.40. The number of Topliss-reactive ketones (excluding diaryl/α,β-unsaturated/α-hetero) is 2. The first-order chi connectivity index (χ1) is 36.8. The van der Waals surface area contributed by atoms with Crippen molar-refractivity contribution in [2.24, 2.45) is 46.6 Å². The average Bonchev–Trinajstić information content (AvgIpc) is 3.39. The van der Waals surface area contributed by atoms with Crippen LogP contribution in [0, 0.1) is 23.7 Å². The summed E-state index contributed by atoms with van der Waals surface area (Å²) in [4.78, 5) is 127. The maximum absolute atomic E-state index is 14.5. The van der Waals surface area contributed by atoms with Crippen LogP contribution in [0.15, 0.2) is 84.9 Å². The van der Waals surface area contributed by atoms with Crippen molar-refractivity contribution in [1.29, 1.82) is 0 Å². The molecule has 77 heavy (non-hydrogen) atoms. The van der Waals surface area contributed by atoms with E-state index in [0.29, 0.717) is 17.1 Å². The predicted molar refractivity (Wildman–Crippen MR) is 291 cm³/mol. The van der Waals surface area contributed by atoms with Crippen molar-refractivity contribution in [2.45, 2.75) is 128 Å². The summed E-state index contributed by atoms with van der Waals surface area (Å²) in [6.45, 7) is 7.11. The SMILES string of the molecule is CC(C)C[C@H]1CC(=O)[C@H](CCN)NC(=O)[C@@H](CC(=O)[C@@H](CCN)NC(=O)c2ccc(Oc3ccccc3)cc2)CCNC(=O)[C@H](CC(C)C)NC(=O)[C@H](CCN)NC(=O)[C@H](CCN)NC(=O)[C@H](Cc2ccccc2)NC1=O. The lowest BCUT2D eigenvalue weighted by atomic mass is 9.88. The largest absolute Gasteiger partial charge is 0.457 e. The van der Waals surface area contributed by atoms with Crippen LogP contribution in [0.3, 0.4) is 0 Å². The second-order valence-electron chi connectivity index (χ2n) is 20.3. The zero-order chi connectivity index (χ0) is 56.4. The number of nitrogens with two attached hydrogens (primary N) is 4. The molecule has 8 atom stereocenters. The normalized spacial score (nSPS) is 22.2. The van der Waals surface area contributed by atoms with E-state index in [1.807, 2.05) is 45.9 Å². The highest BCUT2D eigenvalue weighted by atomic mass is 16.5. The van der Waals surface area contributed by atoms with Crippen molar-refractivity contribution < 1.29 is 47.9 Å². The van der Waals surface area contributed by atoms with Crippen LogP contribution < -0.4 is 64.9 Å². The van der Waals surface area contributed by atoms with Crippen LogP contribution in [0.1, 0.15) is 101 Å². The minimum absolute atomic E-state index is 0.00358. The van der Waals surface area contributed by atoms with Crippen LogP contribution in [0.4, 0.5) is 0 Å². The smallest absolute Gasteiger partial charge is 0.251 e. The topological polar surface area (TPSA) is 351 Å². The van der Waals surface area contributed by atoms with E-state index in [-0.39, 0.29) is 108 Å². The molecule has 21 nitrogen and oxygen atoms in total. The van der Waals surface area contributed by atoms with Gasteiger partial charge in [-0.15, -0.1) is 0 Å². The Morgan fingerprint density at radius 3 is 1.61 bits per heavy atom. The molecule has 0 unspecified atom stereocenters. The van der Waals surface area contributed by atoms with Gasteiger partial charge in [0.25, 0.3) is 5.91 Å². The fourth-order valence-corrected chi connectivity index (χ4v) is 8.97. The molecule has 1 fully saturated rings. The highest BCUT2D eigenvalue weighted by Crippen LogP contribution is 2.23. The second kappa shape index (κ2) is 32.5. The summed E-state index contributed by atoms with van der Waals surface area (Å²) in [5.41, 5.74) is 24.7. The highest BCUT2D eigenvalue weighted by molar-refractivity contribution is 6.00. The van der Waals surface area contributed by atoms with Crippen LogP contribution in [-0.2, 0) is 44.8 Å². The Balaban J connectivity index is 1.72. The standard InChI is InChI=1S/C56H81N11O10/c1-34(2)29-39-33-49(69)43(20-25-58)63-51(71)38(32-48(68)42(19-24-57)62-50(70)37-15-17-41(18-16-37)77-40-13-9-6-10-14-40)23-28-61-53(73)46(30-35(3)4)67-55(75)45(22-27-60)64-54(74)44(21-26-59)65-56(76)47(66-52(39)72)31-36-11-7-5-8-12-36/h5-18,34-35,38-39,42-47H,19-33,57-60H2,1-4H3,(H,61,73)(H,62,70)(H,63,71)(H,64,74)(H,65,76)(H,66,72)(H,67,75)/t38-,39+,42-,43+,44+,45+,46+,47+/m1/s1. The summed E-state index contributed by atoms with van der Waals surface area (Å²) in [6.07, 6.45) is -0.715. The van der Waals surface area contributed by atoms with E-state index in [1.54, 1.807) is 66.7 Å². The number of hydrogen-bond acceptors (Lipinski definition) is 14. The number of benzene rings is 3. The molecular formula is C56H81N11O10. The summed E-state index contributed by atoms with van der Waals surface area (Å²) in [7, 11) is 0. The van der Waals surface area contributed by atoms with Gasteiger partial charge in [0.05, 0.1) is 12.1 Å². The summed E-state index contributed by atoms with van der Waals surface area (Å²) >= 11 is 0. The molecule has 4 rings (SSSR count). The highest BCUT2D eigenvalue weighted by Gasteiger charge is 2.36. The lowest BCUT2D eigenvalue weighted by molar-refractivity contribution is -0.136. The van der Waals surface area contributed by atoms with Gasteiger partial charge in [-0.2, -0.15) is 0 Å². The number of amides is 7. The molecule has 7 amide bonds. The molecule has 1 saturated heterocycles. The second-order valence-corrected chi connectivity index (χ2v) is 20.3. The Labute approximate surface area is 451 Å². The van der Waals surface area contributed by atoms with Gasteiger partial charge in [0, 0.05) is 43.2 Å². The van der Waals surface area contributed by atoms with Crippen molar-refractivity contribution in [3.8, 4) is 11.5 Å². The fraction of sp³-hybridized carbons (Fsp3) is 0.518. The zero-order valence-corrected chi connectivity index (χ0v) is 44.9. The lowest BCUT2D eigenvalue weighted by Crippen LogP contribution is -2.59. The van der Waals surface area contributed by atoms with Gasteiger partial charge in [-0.25, -0.2) is 0 Å². The fourth-order valence-electron chi connectivity index (χ4n) is 8.97. The Kier molecular flexibility index (Phi) is 26.4. The number of nitrogens with one attached hydrogen (secondary N) is 7. The third-order valence-electron chi connectivity index (χ3n) is 13.0. The number of hydrogen-bond donors (Lipinski definition) is 11. The molecule has 1 aliphatic heterocycles. The maximum atomic E-state index is 14.5. The van der Waals surface area contributed by atoms with Crippen molar-refractivity contribution in [1.82, 2.24) is 37.2 Å². The van der Waals surface area contributed by atoms with Gasteiger partial charge in [-0.1, -0.05) is 76.2 Å². The van der Waals surface area contributed by atoms with E-state index < -0.39 is 107 Å². The molecule has 1 heterocycles. The lowest BCUT2D eigenvalue weighted by Gasteiger charge is -2.27. The van der Waals surface area contributed by atoms with Crippen molar-refractivity contribution in [3.63, 3.8) is 0 Å². The monoisotopic (exact) mass is 1070 g/mol. The van der Waals surface area contributed by atoms with Gasteiger partial charge in [0.15, 0.2) is 11.6 Å². The summed E-state index contributed by atoms with van der Waals surface area (Å²) < 4.78 is 5.85. The molecule has 3 aromatic carbocycles. The third kappa shape index (κ3) is 21.1. The molecule has 420 valence electrons. The summed E-state index contributed by atoms with van der Waals surface area (Å²) in [5.74, 6) is -7.19. The molecule has 0 spiro atoms. The minimum Gasteiger partial charge on any atom is -0.457 e. The quantitative estimate of drug-likeness (QED) is 0.0719. The Morgan fingerprint density at radius 1 is 0.558 bits per heavy atom. The van der Waals surface area contributed by atoms with Crippen LogP contribution in [0.5, 0.6) is 11.5 Å². The number of ether oxygens (including phenoxy) is 1. The summed E-state index contributed by atoms with van der Waals surface area (Å²) in [6, 6.07) is 17.0. The Bertz CT molecular complexity index is 2410. The van der Waals surface area contributed by atoms with Gasteiger partial charge in [0.1, 0.15) is 35.7 Å². The molecule has 0 aromatic heterocycles. The number of carbonyl (C=O) groups is 9. The van der Waals surface area contributed by atoms with E-state index in [2.05, 4.69) is 37.2 Å². The summed E-state index contributed by atoms with van der Waals surface area (Å²) in [5, 5.41) is 19.3. The van der Waals surface area contributed by atoms with Gasteiger partial charge < -0.3 is 64.9 Å². The Morgan fingerprint density at radius 2 is 1.05 bits per heavy atom. The van der Waals surface area contributed by atoms with Crippen molar-refractivity contribution >= 4 is 52.9 Å². The van der Waals surface area contributed by atoms with E-state index in [9.17, 15) is 43.2 Å². The van der Waals surface area contributed by atoms with Crippen LogP contribution in [-0.4, -0.2) is 122 Å². The number of carbonyl (C=O) groups excluding carboxylic acids is 9. The first-order valence-corrected chi connectivity index (χ1v) is 26.7. The molecule has 0 saturated carbocycles. The van der Waals surface area contributed by atoms with Crippen LogP contribution in [0.2, 0.25) is 0 Å². The van der Waals surface area contributed by atoms with E-state index in [4.69, 9.17) is 27.7 Å².